The van der Waals surface area contributed by atoms with E-state index in [1.54, 1.807) is 0 Å². The van der Waals surface area contributed by atoms with Crippen LogP contribution in [0.2, 0.25) is 0 Å². The standard InChI is InChI=1S/C19H30N2O2/c1-2-15-3-5-16(6-4-15)14-21-10-7-19(8-11-21)17(22)13-18(19)23-12-9-20/h3-6,17-18,22H,2,7-14,20H2,1H3/t17-,18+/m0/s1. The van der Waals surface area contributed by atoms with Crippen LogP contribution in [0.3, 0.4) is 0 Å². The van der Waals surface area contributed by atoms with Gasteiger partial charge in [-0.15, -0.1) is 0 Å². The molecule has 0 unspecified atom stereocenters. The number of aliphatic hydroxyl groups is 1. The minimum Gasteiger partial charge on any atom is -0.392 e. The van der Waals surface area contributed by atoms with Gasteiger partial charge in [-0.1, -0.05) is 31.2 Å². The molecule has 3 N–H and O–H groups in total. The molecule has 2 fully saturated rings. The van der Waals surface area contributed by atoms with Crippen molar-refractivity contribution < 1.29 is 9.84 Å². The van der Waals surface area contributed by atoms with Crippen LogP contribution in [0.4, 0.5) is 0 Å². The molecule has 1 saturated carbocycles. The molecule has 128 valence electrons. The Morgan fingerprint density at radius 3 is 2.43 bits per heavy atom. The lowest BCUT2D eigenvalue weighted by Gasteiger charge is -2.56. The number of hydrogen-bond acceptors (Lipinski definition) is 4. The Morgan fingerprint density at radius 2 is 1.87 bits per heavy atom. The van der Waals surface area contributed by atoms with Gasteiger partial charge in [-0.3, -0.25) is 4.90 Å². The molecule has 4 heteroatoms. The second-order valence-electron chi connectivity index (χ2n) is 7.08. The Bertz CT molecular complexity index is 495. The zero-order valence-electron chi connectivity index (χ0n) is 14.2. The zero-order valence-corrected chi connectivity index (χ0v) is 14.2. The van der Waals surface area contributed by atoms with Crippen molar-refractivity contribution in [2.75, 3.05) is 26.2 Å². The monoisotopic (exact) mass is 318 g/mol. The summed E-state index contributed by atoms with van der Waals surface area (Å²) < 4.78 is 5.87. The van der Waals surface area contributed by atoms with Crippen molar-refractivity contribution in [2.45, 2.75) is 51.4 Å². The first kappa shape index (κ1) is 16.9. The van der Waals surface area contributed by atoms with Crippen molar-refractivity contribution >= 4 is 0 Å². The van der Waals surface area contributed by atoms with Gasteiger partial charge in [0, 0.05) is 24.9 Å². The summed E-state index contributed by atoms with van der Waals surface area (Å²) in [5.74, 6) is 0. The number of nitrogens with two attached hydrogens (primary N) is 1. The summed E-state index contributed by atoms with van der Waals surface area (Å²) in [4.78, 5) is 2.50. The molecule has 0 radical (unpaired) electrons. The van der Waals surface area contributed by atoms with E-state index in [9.17, 15) is 5.11 Å². The summed E-state index contributed by atoms with van der Waals surface area (Å²) in [6.07, 6.45) is 3.92. The Hall–Kier alpha value is -0.940. The molecule has 1 spiro atoms. The van der Waals surface area contributed by atoms with E-state index in [1.165, 1.54) is 11.1 Å². The molecule has 1 aliphatic heterocycles. The molecule has 1 aliphatic carbocycles. The summed E-state index contributed by atoms with van der Waals surface area (Å²) in [6, 6.07) is 8.95. The molecule has 23 heavy (non-hydrogen) atoms. The maximum absolute atomic E-state index is 10.3. The molecule has 1 heterocycles. The van der Waals surface area contributed by atoms with Crippen LogP contribution in [0.1, 0.15) is 37.3 Å². The number of hydrogen-bond donors (Lipinski definition) is 2. The summed E-state index contributed by atoms with van der Waals surface area (Å²) in [5.41, 5.74) is 8.30. The number of rotatable bonds is 6. The highest BCUT2D eigenvalue weighted by atomic mass is 16.5. The number of ether oxygens (including phenoxy) is 1. The summed E-state index contributed by atoms with van der Waals surface area (Å²) in [6.45, 7) is 6.43. The van der Waals surface area contributed by atoms with E-state index in [2.05, 4.69) is 36.1 Å². The average molecular weight is 318 g/mol. The van der Waals surface area contributed by atoms with Crippen molar-refractivity contribution in [1.29, 1.82) is 0 Å². The number of piperidine rings is 1. The van der Waals surface area contributed by atoms with E-state index in [0.29, 0.717) is 13.2 Å². The molecule has 1 aromatic carbocycles. The van der Waals surface area contributed by atoms with E-state index >= 15 is 0 Å². The Morgan fingerprint density at radius 1 is 1.22 bits per heavy atom. The predicted octanol–water partition coefficient (Wildman–Crippen LogP) is 1.94. The first-order valence-corrected chi connectivity index (χ1v) is 8.98. The van der Waals surface area contributed by atoms with Crippen molar-refractivity contribution in [1.82, 2.24) is 4.90 Å². The number of likely N-dealkylation sites (tertiary alicyclic amines) is 1. The van der Waals surface area contributed by atoms with Crippen LogP contribution in [-0.2, 0) is 17.7 Å². The molecular formula is C19H30N2O2. The topological polar surface area (TPSA) is 58.7 Å². The number of nitrogens with zero attached hydrogens (tertiary/aromatic N) is 1. The van der Waals surface area contributed by atoms with Gasteiger partial charge in [-0.2, -0.15) is 0 Å². The van der Waals surface area contributed by atoms with Gasteiger partial charge in [-0.05, 0) is 43.5 Å². The fourth-order valence-corrected chi connectivity index (χ4v) is 4.09. The summed E-state index contributed by atoms with van der Waals surface area (Å²) in [7, 11) is 0. The van der Waals surface area contributed by atoms with Crippen molar-refractivity contribution in [3.8, 4) is 0 Å². The van der Waals surface area contributed by atoms with E-state index in [4.69, 9.17) is 10.5 Å². The van der Waals surface area contributed by atoms with Gasteiger partial charge < -0.3 is 15.6 Å². The normalized spacial score (nSPS) is 27.1. The van der Waals surface area contributed by atoms with Crippen LogP contribution >= 0.6 is 0 Å². The van der Waals surface area contributed by atoms with E-state index in [0.717, 1.165) is 45.3 Å². The molecule has 1 aromatic rings. The smallest absolute Gasteiger partial charge is 0.0682 e. The lowest BCUT2D eigenvalue weighted by atomic mass is 9.58. The van der Waals surface area contributed by atoms with Crippen LogP contribution in [0, 0.1) is 5.41 Å². The minimum atomic E-state index is -0.198. The molecule has 0 bridgehead atoms. The Kier molecular flexibility index (Phi) is 5.37. The van der Waals surface area contributed by atoms with Gasteiger partial charge in [0.05, 0.1) is 18.8 Å². The zero-order chi connectivity index (χ0) is 16.3. The van der Waals surface area contributed by atoms with Crippen LogP contribution in [-0.4, -0.2) is 48.5 Å². The second kappa shape index (κ2) is 7.31. The van der Waals surface area contributed by atoms with Crippen LogP contribution in [0.5, 0.6) is 0 Å². The van der Waals surface area contributed by atoms with Gasteiger partial charge in [0.25, 0.3) is 0 Å². The predicted molar refractivity (Wildman–Crippen MR) is 92.2 cm³/mol. The highest BCUT2D eigenvalue weighted by Crippen LogP contribution is 2.51. The van der Waals surface area contributed by atoms with Gasteiger partial charge in [0.1, 0.15) is 0 Å². The maximum Gasteiger partial charge on any atom is 0.0682 e. The molecule has 0 aromatic heterocycles. The molecule has 4 nitrogen and oxygen atoms in total. The van der Waals surface area contributed by atoms with E-state index in [-0.39, 0.29) is 17.6 Å². The lowest BCUT2D eigenvalue weighted by Crippen LogP contribution is -2.62. The van der Waals surface area contributed by atoms with Gasteiger partial charge >= 0.3 is 0 Å². The highest BCUT2D eigenvalue weighted by molar-refractivity contribution is 5.22. The Balaban J connectivity index is 1.53. The fourth-order valence-electron chi connectivity index (χ4n) is 4.09. The number of aryl methyl sites for hydroxylation is 1. The molecule has 3 rings (SSSR count). The van der Waals surface area contributed by atoms with Gasteiger partial charge in [0.15, 0.2) is 0 Å². The first-order valence-electron chi connectivity index (χ1n) is 8.98. The molecule has 1 saturated heterocycles. The van der Waals surface area contributed by atoms with Crippen molar-refractivity contribution in [2.24, 2.45) is 11.1 Å². The molecule has 0 amide bonds. The largest absolute Gasteiger partial charge is 0.392 e. The summed E-state index contributed by atoms with van der Waals surface area (Å²) in [5, 5.41) is 10.3. The maximum atomic E-state index is 10.3. The second-order valence-corrected chi connectivity index (χ2v) is 7.08. The SMILES string of the molecule is CCc1ccc(CN2CCC3(CC2)[C@@H](O)C[C@H]3OCCN)cc1. The van der Waals surface area contributed by atoms with Crippen LogP contribution < -0.4 is 5.73 Å². The van der Waals surface area contributed by atoms with E-state index < -0.39 is 0 Å². The third kappa shape index (κ3) is 3.45. The van der Waals surface area contributed by atoms with E-state index in [1.807, 2.05) is 0 Å². The number of benzene rings is 1. The van der Waals surface area contributed by atoms with Gasteiger partial charge in [-0.25, -0.2) is 0 Å². The van der Waals surface area contributed by atoms with Crippen molar-refractivity contribution in [3.05, 3.63) is 35.4 Å². The average Bonchev–Trinajstić information content (AvgIpc) is 2.60. The fraction of sp³-hybridized carbons (Fsp3) is 0.684. The molecule has 2 atom stereocenters. The van der Waals surface area contributed by atoms with Gasteiger partial charge in [0.2, 0.25) is 0 Å². The molecule has 2 aliphatic rings. The summed E-state index contributed by atoms with van der Waals surface area (Å²) >= 11 is 0. The number of aliphatic hydroxyl groups excluding tert-OH is 1. The minimum absolute atomic E-state index is 0.0161. The van der Waals surface area contributed by atoms with Crippen LogP contribution in [0.25, 0.3) is 0 Å². The third-order valence-corrected chi connectivity index (χ3v) is 5.80. The van der Waals surface area contributed by atoms with Crippen molar-refractivity contribution in [3.63, 3.8) is 0 Å². The highest BCUT2D eigenvalue weighted by Gasteiger charge is 2.55. The third-order valence-electron chi connectivity index (χ3n) is 5.80. The lowest BCUT2D eigenvalue weighted by molar-refractivity contribution is -0.210. The molecular weight excluding hydrogens is 288 g/mol. The first-order chi connectivity index (χ1) is 11.2. The van der Waals surface area contributed by atoms with Crippen LogP contribution in [0.15, 0.2) is 24.3 Å². The Labute approximate surface area is 139 Å². The quantitative estimate of drug-likeness (QED) is 0.841.